The first-order valence-electron chi connectivity index (χ1n) is 9.94. The number of carbonyl (C=O) groups is 2. The molecule has 30 heavy (non-hydrogen) atoms. The number of ketones is 1. The lowest BCUT2D eigenvalue weighted by atomic mass is 9.75. The summed E-state index contributed by atoms with van der Waals surface area (Å²) in [7, 11) is 1.43. The molecule has 2 N–H and O–H groups in total. The van der Waals surface area contributed by atoms with Crippen LogP contribution in [0.3, 0.4) is 0 Å². The molecule has 1 atom stereocenters. The van der Waals surface area contributed by atoms with Gasteiger partial charge in [0.15, 0.2) is 17.3 Å². The molecule has 162 valence electrons. The molecule has 0 unspecified atom stereocenters. The molecular weight excluding hydrogens is 426 g/mol. The van der Waals surface area contributed by atoms with Gasteiger partial charge in [-0.05, 0) is 43.2 Å². The maximum atomic E-state index is 13.1. The predicted octanol–water partition coefficient (Wildman–Crippen LogP) is 4.32. The fraction of sp³-hybridized carbons (Fsp3) is 0.455. The number of rotatable bonds is 7. The highest BCUT2D eigenvalue weighted by Gasteiger charge is 2.39. The molecule has 0 bridgehead atoms. The number of esters is 1. The molecule has 0 spiro atoms. The van der Waals surface area contributed by atoms with Crippen LogP contribution in [0.4, 0.5) is 0 Å². The second kappa shape index (κ2) is 9.79. The van der Waals surface area contributed by atoms with Crippen LogP contribution in [0.5, 0.6) is 11.5 Å². The first-order chi connectivity index (χ1) is 14.4. The number of ether oxygens (including phenoxy) is 2. The number of dihydropyridines is 1. The fourth-order valence-electron chi connectivity index (χ4n) is 3.92. The van der Waals surface area contributed by atoms with Crippen molar-refractivity contribution in [2.45, 2.75) is 39.0 Å². The number of benzene rings is 1. The Morgan fingerprint density at radius 3 is 2.83 bits per heavy atom. The van der Waals surface area contributed by atoms with Gasteiger partial charge in [0.25, 0.3) is 0 Å². The average Bonchev–Trinajstić information content (AvgIpc) is 2.72. The number of Topliss-reactive ketones (excluding diaryl/α,β-unsaturated/α-hetero) is 1. The summed E-state index contributed by atoms with van der Waals surface area (Å²) >= 11 is 7.92. The van der Waals surface area contributed by atoms with Crippen LogP contribution < -0.4 is 10.1 Å². The Morgan fingerprint density at radius 2 is 2.13 bits per heavy atom. The van der Waals surface area contributed by atoms with E-state index >= 15 is 0 Å². The second-order valence-corrected chi connectivity index (χ2v) is 8.95. The molecule has 0 fully saturated rings. The molecule has 1 aliphatic heterocycles. The predicted molar refractivity (Wildman–Crippen MR) is 118 cm³/mol. The number of hydrogen-bond acceptors (Lipinski definition) is 7. The number of methoxy groups -OCH3 is 1. The van der Waals surface area contributed by atoms with E-state index in [0.717, 1.165) is 24.3 Å². The number of thioether (sulfide) groups is 1. The second-order valence-electron chi connectivity index (χ2n) is 7.15. The van der Waals surface area contributed by atoms with Crippen molar-refractivity contribution in [1.82, 2.24) is 5.32 Å². The zero-order chi connectivity index (χ0) is 21.8. The van der Waals surface area contributed by atoms with Crippen molar-refractivity contribution >= 4 is 35.1 Å². The van der Waals surface area contributed by atoms with Gasteiger partial charge >= 0.3 is 5.97 Å². The lowest BCUT2D eigenvalue weighted by Gasteiger charge is -2.34. The summed E-state index contributed by atoms with van der Waals surface area (Å²) in [5.74, 6) is 0.560. The first kappa shape index (κ1) is 22.6. The standard InChI is InChI=1S/C22H26ClNO5S/c1-4-30-9-8-29-22(27)18-12(2)24-15-6-5-7-16(25)20(15)19(18)13-10-14(23)21(26)17(11-13)28-3/h10-11,19,24,26H,4-9H2,1-3H3/t19-/m1/s1. The Kier molecular flexibility index (Phi) is 7.36. The van der Waals surface area contributed by atoms with Gasteiger partial charge in [0.1, 0.15) is 6.61 Å². The molecule has 0 aromatic heterocycles. The van der Waals surface area contributed by atoms with Crippen molar-refractivity contribution in [1.29, 1.82) is 0 Å². The van der Waals surface area contributed by atoms with Crippen molar-refractivity contribution in [3.05, 3.63) is 45.3 Å². The minimum atomic E-state index is -0.632. The van der Waals surface area contributed by atoms with Crippen LogP contribution in [0.1, 0.15) is 44.6 Å². The third kappa shape index (κ3) is 4.47. The van der Waals surface area contributed by atoms with Gasteiger partial charge in [-0.3, -0.25) is 4.79 Å². The average molecular weight is 452 g/mol. The fourth-order valence-corrected chi connectivity index (χ4v) is 4.63. The molecule has 1 aromatic carbocycles. The van der Waals surface area contributed by atoms with E-state index < -0.39 is 11.9 Å². The molecule has 2 aliphatic rings. The third-order valence-electron chi connectivity index (χ3n) is 5.26. The van der Waals surface area contributed by atoms with Gasteiger partial charge < -0.3 is 19.9 Å². The first-order valence-corrected chi connectivity index (χ1v) is 11.5. The lowest BCUT2D eigenvalue weighted by molar-refractivity contribution is -0.138. The number of carbonyl (C=O) groups excluding carboxylic acids is 2. The van der Waals surface area contributed by atoms with Gasteiger partial charge in [0.05, 0.1) is 17.7 Å². The molecule has 8 heteroatoms. The Balaban J connectivity index is 2.08. The number of halogens is 1. The number of hydrogen-bond donors (Lipinski definition) is 2. The lowest BCUT2D eigenvalue weighted by Crippen LogP contribution is -2.34. The minimum absolute atomic E-state index is 0.00347. The van der Waals surface area contributed by atoms with Crippen LogP contribution in [-0.2, 0) is 14.3 Å². The monoisotopic (exact) mass is 451 g/mol. The van der Waals surface area contributed by atoms with Gasteiger partial charge in [-0.25, -0.2) is 4.79 Å². The summed E-state index contributed by atoms with van der Waals surface area (Å²) < 4.78 is 10.8. The largest absolute Gasteiger partial charge is 0.503 e. The quantitative estimate of drug-likeness (QED) is 0.471. The highest BCUT2D eigenvalue weighted by Crippen LogP contribution is 2.46. The van der Waals surface area contributed by atoms with Crippen LogP contribution in [0, 0.1) is 0 Å². The normalized spacial score (nSPS) is 18.8. The van der Waals surface area contributed by atoms with E-state index in [4.69, 9.17) is 21.1 Å². The number of phenolic OH excluding ortho intramolecular Hbond substituents is 1. The van der Waals surface area contributed by atoms with Gasteiger partial charge in [-0.2, -0.15) is 11.8 Å². The molecule has 1 heterocycles. The van der Waals surface area contributed by atoms with E-state index in [0.29, 0.717) is 41.2 Å². The molecule has 0 saturated carbocycles. The molecule has 3 rings (SSSR count). The summed E-state index contributed by atoms with van der Waals surface area (Å²) in [6.45, 7) is 4.15. The Bertz CT molecular complexity index is 924. The SMILES string of the molecule is CCSCCOC(=O)C1=C(C)NC2=C(C(=O)CCC2)[C@@H]1c1cc(Cl)c(O)c(OC)c1. The molecule has 6 nitrogen and oxygen atoms in total. The van der Waals surface area contributed by atoms with Crippen LogP contribution in [0.2, 0.25) is 5.02 Å². The zero-order valence-electron chi connectivity index (χ0n) is 17.3. The van der Waals surface area contributed by atoms with Crippen molar-refractivity contribution < 1.29 is 24.2 Å². The smallest absolute Gasteiger partial charge is 0.336 e. The maximum Gasteiger partial charge on any atom is 0.336 e. The molecule has 0 radical (unpaired) electrons. The summed E-state index contributed by atoms with van der Waals surface area (Å²) in [6, 6.07) is 3.20. The van der Waals surface area contributed by atoms with Crippen molar-refractivity contribution in [3.8, 4) is 11.5 Å². The van der Waals surface area contributed by atoms with Gasteiger partial charge in [0.2, 0.25) is 0 Å². The van der Waals surface area contributed by atoms with Gasteiger partial charge in [-0.15, -0.1) is 0 Å². The summed E-state index contributed by atoms with van der Waals surface area (Å²) in [5.41, 5.74) is 3.03. The van der Waals surface area contributed by atoms with Gasteiger partial charge in [0, 0.05) is 35.1 Å². The molecule has 0 amide bonds. The summed E-state index contributed by atoms with van der Waals surface area (Å²) in [6.07, 6.45) is 1.92. The van der Waals surface area contributed by atoms with E-state index in [1.54, 1.807) is 23.9 Å². The Labute approximate surface area is 185 Å². The molecule has 0 saturated heterocycles. The van der Waals surface area contributed by atoms with Crippen LogP contribution in [0.15, 0.2) is 34.7 Å². The molecule has 1 aliphatic carbocycles. The minimum Gasteiger partial charge on any atom is -0.503 e. The Hall–Kier alpha value is -2.12. The molecular formula is C22H26ClNO5S. The summed E-state index contributed by atoms with van der Waals surface area (Å²) in [5, 5.41) is 13.5. The van der Waals surface area contributed by atoms with E-state index in [2.05, 4.69) is 5.32 Å². The molecule has 1 aromatic rings. The number of phenols is 1. The van der Waals surface area contributed by atoms with E-state index in [1.807, 2.05) is 13.8 Å². The summed E-state index contributed by atoms with van der Waals surface area (Å²) in [4.78, 5) is 26.0. The Morgan fingerprint density at radius 1 is 1.37 bits per heavy atom. The van der Waals surface area contributed by atoms with Gasteiger partial charge in [-0.1, -0.05) is 18.5 Å². The van der Waals surface area contributed by atoms with Crippen LogP contribution >= 0.6 is 23.4 Å². The highest BCUT2D eigenvalue weighted by atomic mass is 35.5. The number of nitrogens with one attached hydrogen (secondary N) is 1. The number of aromatic hydroxyl groups is 1. The van der Waals surface area contributed by atoms with Crippen molar-refractivity contribution in [3.63, 3.8) is 0 Å². The highest BCUT2D eigenvalue weighted by molar-refractivity contribution is 7.99. The van der Waals surface area contributed by atoms with Crippen molar-refractivity contribution in [2.75, 3.05) is 25.2 Å². The topological polar surface area (TPSA) is 84.9 Å². The van der Waals surface area contributed by atoms with E-state index in [9.17, 15) is 14.7 Å². The third-order valence-corrected chi connectivity index (χ3v) is 6.42. The van der Waals surface area contributed by atoms with E-state index in [-0.39, 0.29) is 22.3 Å². The van der Waals surface area contributed by atoms with Crippen LogP contribution in [0.25, 0.3) is 0 Å². The number of allylic oxidation sites excluding steroid dienone is 3. The maximum absolute atomic E-state index is 13.1. The van der Waals surface area contributed by atoms with Crippen LogP contribution in [-0.4, -0.2) is 42.1 Å². The van der Waals surface area contributed by atoms with Crippen molar-refractivity contribution in [2.24, 2.45) is 0 Å². The zero-order valence-corrected chi connectivity index (χ0v) is 18.9. The van der Waals surface area contributed by atoms with E-state index in [1.165, 1.54) is 7.11 Å².